The molecule has 342 valence electrons. The van der Waals surface area contributed by atoms with E-state index in [9.17, 15) is 63.6 Å². The molecule has 7 atom stereocenters. The number of phenols is 1. The SMILES string of the molecule is CC(C)C[C@H](NC(=O)[C@@H](N)Cc1ccc(O)cc1)C(=O)N[C@@H](CC(=O)O)C(=O)N[C@@H](CCC(=O)O)C(=O)N[C@@H](CCCCN)C(=O)N[C@@H](CCCCN)C(=O)N[C@@H](C)C(=O)O. The molecule has 0 heterocycles. The fourth-order valence-electron chi connectivity index (χ4n) is 5.87. The van der Waals surface area contributed by atoms with Gasteiger partial charge in [0, 0.05) is 6.42 Å². The lowest BCUT2D eigenvalue weighted by molar-refractivity contribution is -0.142. The molecular formula is C39H63N9O13. The summed E-state index contributed by atoms with van der Waals surface area (Å²) in [5, 5.41) is 52.3. The van der Waals surface area contributed by atoms with Crippen molar-refractivity contribution in [3.8, 4) is 5.75 Å². The van der Waals surface area contributed by atoms with Crippen molar-refractivity contribution < 1.29 is 63.6 Å². The normalized spacial score (nSPS) is 14.5. The summed E-state index contributed by atoms with van der Waals surface area (Å²) in [5.74, 6) is -10.0. The molecule has 1 aromatic carbocycles. The van der Waals surface area contributed by atoms with Gasteiger partial charge in [-0.15, -0.1) is 0 Å². The smallest absolute Gasteiger partial charge is 0.325 e. The van der Waals surface area contributed by atoms with Gasteiger partial charge in [-0.3, -0.25) is 43.2 Å². The molecule has 0 fully saturated rings. The fraction of sp³-hybridized carbons (Fsp3) is 0.615. The van der Waals surface area contributed by atoms with Crippen LogP contribution in [0, 0.1) is 5.92 Å². The number of unbranched alkanes of at least 4 members (excludes halogenated alkanes) is 2. The minimum Gasteiger partial charge on any atom is -0.508 e. The van der Waals surface area contributed by atoms with Gasteiger partial charge in [-0.1, -0.05) is 26.0 Å². The number of hydrogen-bond donors (Lipinski definition) is 13. The lowest BCUT2D eigenvalue weighted by atomic mass is 10.0. The van der Waals surface area contributed by atoms with Crippen LogP contribution >= 0.6 is 0 Å². The first-order chi connectivity index (χ1) is 28.7. The van der Waals surface area contributed by atoms with Crippen LogP contribution in [0.4, 0.5) is 0 Å². The topological polar surface area (TPSA) is 385 Å². The minimum absolute atomic E-state index is 0.00637. The van der Waals surface area contributed by atoms with Gasteiger partial charge in [0.1, 0.15) is 42.0 Å². The number of carbonyl (C=O) groups excluding carboxylic acids is 6. The highest BCUT2D eigenvalue weighted by Gasteiger charge is 2.34. The average Bonchev–Trinajstić information content (AvgIpc) is 3.18. The maximum atomic E-state index is 13.8. The maximum absolute atomic E-state index is 13.8. The number of carboxylic acid groups (broad SMARTS) is 3. The summed E-state index contributed by atoms with van der Waals surface area (Å²) >= 11 is 0. The number of carbonyl (C=O) groups is 9. The summed E-state index contributed by atoms with van der Waals surface area (Å²) in [6, 6.07) is -3.93. The Balaban J connectivity index is 3.34. The monoisotopic (exact) mass is 865 g/mol. The third-order valence-electron chi connectivity index (χ3n) is 9.25. The Morgan fingerprint density at radius 2 is 0.984 bits per heavy atom. The van der Waals surface area contributed by atoms with Gasteiger partial charge in [0.25, 0.3) is 0 Å². The van der Waals surface area contributed by atoms with Crippen LogP contribution in [0.1, 0.15) is 90.5 Å². The lowest BCUT2D eigenvalue weighted by Crippen LogP contribution is -2.60. The van der Waals surface area contributed by atoms with Gasteiger partial charge in [-0.05, 0) is 101 Å². The van der Waals surface area contributed by atoms with Crippen molar-refractivity contribution in [1.29, 1.82) is 0 Å². The Kier molecular flexibility index (Phi) is 24.2. The van der Waals surface area contributed by atoms with E-state index in [1.807, 2.05) is 0 Å². The van der Waals surface area contributed by atoms with Gasteiger partial charge in [-0.2, -0.15) is 0 Å². The largest absolute Gasteiger partial charge is 0.508 e. The van der Waals surface area contributed by atoms with Gasteiger partial charge in [0.2, 0.25) is 35.4 Å². The van der Waals surface area contributed by atoms with Gasteiger partial charge in [0.15, 0.2) is 0 Å². The van der Waals surface area contributed by atoms with Crippen molar-refractivity contribution in [2.75, 3.05) is 13.1 Å². The molecule has 16 N–H and O–H groups in total. The number of aromatic hydroxyl groups is 1. The zero-order chi connectivity index (χ0) is 46.2. The van der Waals surface area contributed by atoms with Crippen molar-refractivity contribution in [2.24, 2.45) is 23.1 Å². The molecule has 0 bridgehead atoms. The summed E-state index contributed by atoms with van der Waals surface area (Å²) in [5.41, 5.74) is 17.9. The van der Waals surface area contributed by atoms with E-state index in [0.717, 1.165) is 0 Å². The fourth-order valence-corrected chi connectivity index (χ4v) is 5.87. The number of phenolic OH excluding ortho intramolecular Hbond substituents is 1. The molecule has 1 aromatic rings. The summed E-state index contributed by atoms with van der Waals surface area (Å²) in [4.78, 5) is 116. The molecule has 0 radical (unpaired) electrons. The van der Waals surface area contributed by atoms with E-state index in [1.54, 1.807) is 26.0 Å². The van der Waals surface area contributed by atoms with E-state index in [-0.39, 0.29) is 50.4 Å². The quantitative estimate of drug-likeness (QED) is 0.0369. The zero-order valence-electron chi connectivity index (χ0n) is 34.8. The molecular weight excluding hydrogens is 802 g/mol. The van der Waals surface area contributed by atoms with E-state index in [1.165, 1.54) is 19.1 Å². The Hall–Kier alpha value is -5.87. The first-order valence-corrected chi connectivity index (χ1v) is 20.1. The van der Waals surface area contributed by atoms with E-state index in [4.69, 9.17) is 17.2 Å². The minimum atomic E-state index is -1.84. The van der Waals surface area contributed by atoms with Gasteiger partial charge >= 0.3 is 17.9 Å². The van der Waals surface area contributed by atoms with Crippen molar-refractivity contribution in [2.45, 2.75) is 134 Å². The molecule has 1 rings (SSSR count). The molecule has 22 heteroatoms. The molecule has 0 saturated carbocycles. The summed E-state index contributed by atoms with van der Waals surface area (Å²) < 4.78 is 0. The second-order valence-corrected chi connectivity index (χ2v) is 15.1. The van der Waals surface area contributed by atoms with Crippen molar-refractivity contribution in [3.63, 3.8) is 0 Å². The van der Waals surface area contributed by atoms with Crippen LogP contribution in [0.2, 0.25) is 0 Å². The number of benzene rings is 1. The van der Waals surface area contributed by atoms with Crippen molar-refractivity contribution in [1.82, 2.24) is 31.9 Å². The number of aliphatic carboxylic acids is 3. The number of rotatable bonds is 30. The lowest BCUT2D eigenvalue weighted by Gasteiger charge is -2.27. The Morgan fingerprint density at radius 3 is 1.43 bits per heavy atom. The molecule has 0 saturated heterocycles. The van der Waals surface area contributed by atoms with E-state index < -0.39 is 115 Å². The Bertz CT molecular complexity index is 1640. The van der Waals surface area contributed by atoms with Crippen LogP contribution < -0.4 is 49.1 Å². The second kappa shape index (κ2) is 27.8. The zero-order valence-corrected chi connectivity index (χ0v) is 34.8. The maximum Gasteiger partial charge on any atom is 0.325 e. The third kappa shape index (κ3) is 21.3. The van der Waals surface area contributed by atoms with E-state index in [2.05, 4.69) is 31.9 Å². The molecule has 0 spiro atoms. The molecule has 0 aromatic heterocycles. The van der Waals surface area contributed by atoms with E-state index >= 15 is 0 Å². The number of carboxylic acids is 3. The van der Waals surface area contributed by atoms with Gasteiger partial charge in [-0.25, -0.2) is 0 Å². The highest BCUT2D eigenvalue weighted by molar-refractivity contribution is 5.98. The highest BCUT2D eigenvalue weighted by atomic mass is 16.4. The van der Waals surface area contributed by atoms with Crippen LogP contribution in [0.3, 0.4) is 0 Å². The third-order valence-corrected chi connectivity index (χ3v) is 9.25. The summed E-state index contributed by atoms with van der Waals surface area (Å²) in [7, 11) is 0. The molecule has 22 nitrogen and oxygen atoms in total. The van der Waals surface area contributed by atoms with Crippen LogP contribution in [-0.4, -0.2) is 129 Å². The molecule has 6 amide bonds. The Morgan fingerprint density at radius 1 is 0.557 bits per heavy atom. The van der Waals surface area contributed by atoms with E-state index in [0.29, 0.717) is 31.2 Å². The number of nitrogens with two attached hydrogens (primary N) is 3. The summed E-state index contributed by atoms with van der Waals surface area (Å²) in [6.07, 6.45) is -0.544. The molecule has 0 aliphatic rings. The van der Waals surface area contributed by atoms with Crippen LogP contribution in [0.5, 0.6) is 5.75 Å². The predicted molar refractivity (Wildman–Crippen MR) is 219 cm³/mol. The number of hydrogen-bond acceptors (Lipinski definition) is 13. The van der Waals surface area contributed by atoms with Crippen LogP contribution in [0.25, 0.3) is 0 Å². The van der Waals surface area contributed by atoms with Gasteiger partial charge in [0.05, 0.1) is 12.5 Å². The van der Waals surface area contributed by atoms with Gasteiger partial charge < -0.3 is 69.5 Å². The molecule has 0 unspecified atom stereocenters. The highest BCUT2D eigenvalue weighted by Crippen LogP contribution is 2.13. The second-order valence-electron chi connectivity index (χ2n) is 15.1. The van der Waals surface area contributed by atoms with Crippen LogP contribution in [0.15, 0.2) is 24.3 Å². The molecule has 0 aliphatic heterocycles. The summed E-state index contributed by atoms with van der Waals surface area (Å²) in [6.45, 7) is 5.22. The number of nitrogens with one attached hydrogen (secondary N) is 6. The standard InChI is InChI=1S/C39H63N9O13/c1-21(2)18-29(47-33(54)25(42)19-23-10-12-24(49)13-11-23)37(58)48-30(20-32(52)53)38(59)46-28(14-15-31(50)51)36(57)45-27(9-5-7-17-41)35(56)44-26(8-4-6-16-40)34(55)43-22(3)39(60)61/h10-13,21-22,25-30,49H,4-9,14-20,40-42H2,1-3H3,(H,43,55)(H,44,56)(H,45,57)(H,46,59)(H,47,54)(H,48,58)(H,50,51)(H,52,53)(H,60,61)/t22-,25-,26-,27-,28-,29-,30-/m0/s1. The average molecular weight is 866 g/mol. The first kappa shape index (κ1) is 53.1. The van der Waals surface area contributed by atoms with Crippen molar-refractivity contribution in [3.05, 3.63) is 29.8 Å². The van der Waals surface area contributed by atoms with Crippen molar-refractivity contribution >= 4 is 53.4 Å². The molecule has 61 heavy (non-hydrogen) atoms. The number of amides is 6. The predicted octanol–water partition coefficient (Wildman–Crippen LogP) is -2.08. The molecule has 0 aliphatic carbocycles. The Labute approximate surface area is 353 Å². The van der Waals surface area contributed by atoms with Crippen LogP contribution in [-0.2, 0) is 49.6 Å². The first-order valence-electron chi connectivity index (χ1n) is 20.1.